The summed E-state index contributed by atoms with van der Waals surface area (Å²) < 4.78 is 60.7. The van der Waals surface area contributed by atoms with Gasteiger partial charge in [0, 0.05) is 0 Å². The summed E-state index contributed by atoms with van der Waals surface area (Å²) >= 11 is -1.55. The molecule has 2 unspecified atom stereocenters. The minimum absolute atomic E-state index is 0.0238. The molecular formula is C50H44O12P4Sn3. The van der Waals surface area contributed by atoms with Gasteiger partial charge in [0.1, 0.15) is 11.5 Å². The normalized spacial score (nSPS) is 12.0. The molecule has 0 bridgehead atoms. The van der Waals surface area contributed by atoms with Crippen molar-refractivity contribution in [3.05, 3.63) is 243 Å². The van der Waals surface area contributed by atoms with Crippen molar-refractivity contribution in [2.75, 3.05) is 11.8 Å². The maximum atomic E-state index is 11.0. The van der Waals surface area contributed by atoms with Gasteiger partial charge in [-0.3, -0.25) is 9.13 Å². The van der Waals surface area contributed by atoms with Crippen LogP contribution in [0.1, 0.15) is 0 Å². The van der Waals surface area contributed by atoms with E-state index in [1.165, 1.54) is 70.0 Å². The zero-order valence-corrected chi connectivity index (χ0v) is 48.8. The Morgan fingerprint density at radius 3 is 0.594 bits per heavy atom. The molecule has 0 fully saturated rings. The summed E-state index contributed by atoms with van der Waals surface area (Å²) in [7, 11) is -19.6. The molecule has 8 aromatic rings. The van der Waals surface area contributed by atoms with Gasteiger partial charge in [0.2, 0.25) is 0 Å². The molecule has 0 radical (unpaired) electrons. The second-order valence-corrected chi connectivity index (χ2v) is 33.6. The molecule has 0 spiro atoms. The Kier molecular flexibility index (Phi) is 26.1. The van der Waals surface area contributed by atoms with E-state index in [0.29, 0.717) is 0 Å². The molecule has 12 nitrogen and oxygen atoms in total. The maximum absolute atomic E-state index is 11.0. The Balaban J connectivity index is 0.000000188. The van der Waals surface area contributed by atoms with E-state index in [0.717, 1.165) is 0 Å². The van der Waals surface area contributed by atoms with Crippen LogP contribution >= 0.6 is 30.4 Å². The molecule has 8 aromatic carbocycles. The van der Waals surface area contributed by atoms with Gasteiger partial charge < -0.3 is 47.5 Å². The summed E-state index contributed by atoms with van der Waals surface area (Å²) in [6.07, 6.45) is 0. The van der Waals surface area contributed by atoms with Crippen LogP contribution < -0.4 is 59.9 Å². The first-order valence-electron chi connectivity index (χ1n) is 20.6. The van der Waals surface area contributed by atoms with Crippen LogP contribution in [0.5, 0.6) is 11.5 Å². The van der Waals surface area contributed by atoms with Gasteiger partial charge in [-0.05, 0) is 24.3 Å². The summed E-state index contributed by atoms with van der Waals surface area (Å²) in [6, 6.07) is 79.5. The van der Waals surface area contributed by atoms with E-state index >= 15 is 0 Å². The third-order valence-electron chi connectivity index (χ3n) is 8.18. The van der Waals surface area contributed by atoms with Crippen LogP contribution in [0.15, 0.2) is 243 Å². The molecule has 19 heteroatoms. The molecule has 0 aliphatic heterocycles. The first kappa shape index (κ1) is 58.0. The van der Waals surface area contributed by atoms with Crippen molar-refractivity contribution in [1.82, 2.24) is 0 Å². The van der Waals surface area contributed by atoms with Crippen molar-refractivity contribution < 1.29 is 56.7 Å². The molecule has 0 saturated carbocycles. The first-order chi connectivity index (χ1) is 32.9. The Morgan fingerprint density at radius 1 is 0.275 bits per heavy atom. The van der Waals surface area contributed by atoms with Gasteiger partial charge >= 0.3 is 267 Å². The van der Waals surface area contributed by atoms with Gasteiger partial charge in [-0.1, -0.05) is 51.6 Å². The van der Waals surface area contributed by atoms with Crippen molar-refractivity contribution in [2.24, 2.45) is 0 Å². The average Bonchev–Trinajstić information content (AvgIpc) is 3.31. The van der Waals surface area contributed by atoms with Crippen molar-refractivity contribution in [2.45, 2.75) is 0 Å². The van der Waals surface area contributed by atoms with Gasteiger partial charge in [0.05, 0.1) is 11.8 Å². The van der Waals surface area contributed by atoms with Crippen molar-refractivity contribution in [3.8, 4) is 11.5 Å². The second-order valence-electron chi connectivity index (χ2n) is 14.1. The molecule has 0 N–H and O–H groups in total. The fourth-order valence-electron chi connectivity index (χ4n) is 5.39. The SMILES string of the molecule is O=P([O-])([O-])CP(=O)([O-])Oc1ccccc1.O=P([O-])([O-])CP(=O)([O-])Oc1ccccc1.c1cc[c]([Sn+2][c]2ccccc2)cc1.c1cc[c]([Sn+2][c]2ccccc2)cc1.c1cc[c]([Sn+2][c]2ccccc2)cc1. The Morgan fingerprint density at radius 2 is 0.435 bits per heavy atom. The number of hydrogen-bond acceptors (Lipinski definition) is 12. The fourth-order valence-corrected chi connectivity index (χ4v) is 19.1. The molecule has 348 valence electrons. The van der Waals surface area contributed by atoms with E-state index in [1.807, 2.05) is 0 Å². The molecule has 0 aliphatic carbocycles. The molecule has 0 aliphatic rings. The molecule has 0 heterocycles. The van der Waals surface area contributed by atoms with Crippen molar-refractivity contribution >= 4 is 115 Å². The van der Waals surface area contributed by atoms with Crippen LogP contribution in [0.2, 0.25) is 0 Å². The van der Waals surface area contributed by atoms with Gasteiger partial charge in [-0.2, -0.15) is 0 Å². The van der Waals surface area contributed by atoms with Crippen molar-refractivity contribution in [3.63, 3.8) is 0 Å². The van der Waals surface area contributed by atoms with Gasteiger partial charge in [0.15, 0.2) is 15.2 Å². The Labute approximate surface area is 433 Å². The molecule has 2 atom stereocenters. The van der Waals surface area contributed by atoms with E-state index in [9.17, 15) is 47.6 Å². The van der Waals surface area contributed by atoms with Crippen LogP contribution in [0.4, 0.5) is 0 Å². The third-order valence-corrected chi connectivity index (χ3v) is 25.3. The van der Waals surface area contributed by atoms with Gasteiger partial charge in [-0.15, -0.1) is 0 Å². The molecular weight excluding hydrogens is 1270 g/mol. The Bertz CT molecular complexity index is 2440. The summed E-state index contributed by atoms with van der Waals surface area (Å²) in [4.78, 5) is 63.1. The molecule has 69 heavy (non-hydrogen) atoms. The van der Waals surface area contributed by atoms with E-state index in [1.54, 1.807) is 12.1 Å². The van der Waals surface area contributed by atoms with Gasteiger partial charge in [-0.25, -0.2) is 0 Å². The third kappa shape index (κ3) is 28.2. The molecule has 0 aromatic heterocycles. The van der Waals surface area contributed by atoms with E-state index in [4.69, 9.17) is 0 Å². The van der Waals surface area contributed by atoms with Crippen LogP contribution in [0.25, 0.3) is 0 Å². The van der Waals surface area contributed by atoms with Crippen LogP contribution in [-0.2, 0) is 18.3 Å². The van der Waals surface area contributed by atoms with Crippen LogP contribution in [-0.4, -0.2) is 75.2 Å². The number of rotatable bonds is 14. The fraction of sp³-hybridized carbons (Fsp3) is 0.0400. The minimum atomic E-state index is -5.12. The summed E-state index contributed by atoms with van der Waals surface area (Å²) in [5.74, 6) is -3.09. The predicted octanol–water partition coefficient (Wildman–Crippen LogP) is 3.00. The van der Waals surface area contributed by atoms with Crippen molar-refractivity contribution in [1.29, 1.82) is 0 Å². The monoisotopic (exact) mass is 1320 g/mol. The number of para-hydroxylation sites is 2. The molecule has 0 saturated heterocycles. The Hall–Kier alpha value is -3.56. The second kappa shape index (κ2) is 31.0. The predicted molar refractivity (Wildman–Crippen MR) is 268 cm³/mol. The van der Waals surface area contributed by atoms with Crippen LogP contribution in [0, 0.1) is 0 Å². The quantitative estimate of drug-likeness (QED) is 0.113. The number of hydrogen-bond donors (Lipinski definition) is 0. The summed E-state index contributed by atoms with van der Waals surface area (Å²) in [5.41, 5.74) is 0. The molecule has 0 amide bonds. The zero-order valence-electron chi connectivity index (χ0n) is 36.7. The van der Waals surface area contributed by atoms with E-state index < -0.39 is 106 Å². The van der Waals surface area contributed by atoms with Crippen LogP contribution in [0.3, 0.4) is 0 Å². The zero-order chi connectivity index (χ0) is 49.9. The summed E-state index contributed by atoms with van der Waals surface area (Å²) in [5, 5.41) is 0. The topological polar surface area (TPSA) is 225 Å². The van der Waals surface area contributed by atoms with E-state index in [2.05, 4.69) is 191 Å². The standard InChI is InChI=1S/2C7H10O6P2.6C6H5.3Sn/c2*8-14(9,10)6-15(11,12)13-7-4-2-1-3-5-7;6*1-2-4-6-5-3-1;;;/h2*1-5H,6H2,(H,11,12)(H2,8,9,10);6*1-5H;;;/q;;;;;;;;3*+2/p-6. The average molecular weight is 1320 g/mol. The van der Waals surface area contributed by atoms with E-state index in [-0.39, 0.29) is 11.5 Å². The first-order valence-corrected chi connectivity index (χ1v) is 36.1. The summed E-state index contributed by atoms with van der Waals surface area (Å²) in [6.45, 7) is 0. The number of benzene rings is 8. The molecule has 8 rings (SSSR count). The van der Waals surface area contributed by atoms with Gasteiger partial charge in [0.25, 0.3) is 0 Å².